The molecule has 0 aliphatic heterocycles. The number of carboxylic acid groups (broad SMARTS) is 1. The molecule has 3 aromatic rings. The number of rotatable bonds is 3. The molecule has 0 saturated heterocycles. The van der Waals surface area contributed by atoms with Crippen LogP contribution in [0.25, 0.3) is 11.0 Å². The van der Waals surface area contributed by atoms with Crippen LogP contribution in [0.1, 0.15) is 40.6 Å². The first-order chi connectivity index (χ1) is 10.7. The molecule has 3 heterocycles. The van der Waals surface area contributed by atoms with E-state index in [1.807, 2.05) is 6.20 Å². The van der Waals surface area contributed by atoms with Crippen LogP contribution in [-0.2, 0) is 6.42 Å². The van der Waals surface area contributed by atoms with Gasteiger partial charge in [-0.15, -0.1) is 0 Å². The van der Waals surface area contributed by atoms with Gasteiger partial charge in [0.05, 0.1) is 17.6 Å². The second-order valence-electron chi connectivity index (χ2n) is 5.37. The molecule has 1 unspecified atom stereocenters. The van der Waals surface area contributed by atoms with Crippen molar-refractivity contribution in [3.05, 3.63) is 35.5 Å². The maximum absolute atomic E-state index is 11.1. The first-order valence-electron chi connectivity index (χ1n) is 7.08. The standard InChI is InChI=1S/C14H14N6O2/c21-14(22)11-4-7-12(15-6-16-13(7)19-11)18-9-2-1-3-10-8(9)5-17-20-10/h4-6,9H,1-3H2,(H,17,20)(H,21,22)(H2,15,16,18,19). The number of carboxylic acids is 1. The second-order valence-corrected chi connectivity index (χ2v) is 5.37. The monoisotopic (exact) mass is 298 g/mol. The second kappa shape index (κ2) is 4.83. The zero-order valence-electron chi connectivity index (χ0n) is 11.6. The van der Waals surface area contributed by atoms with Crippen molar-refractivity contribution < 1.29 is 9.90 Å². The van der Waals surface area contributed by atoms with E-state index in [4.69, 9.17) is 5.11 Å². The van der Waals surface area contributed by atoms with Crippen molar-refractivity contribution >= 4 is 22.8 Å². The zero-order chi connectivity index (χ0) is 15.1. The van der Waals surface area contributed by atoms with Gasteiger partial charge >= 0.3 is 5.97 Å². The number of aromatic nitrogens is 5. The molecule has 8 heteroatoms. The van der Waals surface area contributed by atoms with Crippen LogP contribution < -0.4 is 5.32 Å². The first kappa shape index (κ1) is 12.8. The number of aromatic amines is 2. The number of anilines is 1. The van der Waals surface area contributed by atoms with E-state index in [-0.39, 0.29) is 11.7 Å². The predicted octanol–water partition coefficient (Wildman–Crippen LogP) is 1.87. The summed E-state index contributed by atoms with van der Waals surface area (Å²) in [6.07, 6.45) is 6.30. The summed E-state index contributed by atoms with van der Waals surface area (Å²) in [7, 11) is 0. The number of aryl methyl sites for hydroxylation is 1. The molecular formula is C14H14N6O2. The smallest absolute Gasteiger partial charge is 0.352 e. The molecule has 0 amide bonds. The molecule has 0 fully saturated rings. The summed E-state index contributed by atoms with van der Waals surface area (Å²) >= 11 is 0. The average molecular weight is 298 g/mol. The van der Waals surface area contributed by atoms with Crippen LogP contribution in [-0.4, -0.2) is 36.2 Å². The number of nitrogens with zero attached hydrogens (tertiary/aromatic N) is 3. The van der Waals surface area contributed by atoms with Crippen LogP contribution in [0.4, 0.5) is 5.82 Å². The van der Waals surface area contributed by atoms with E-state index in [2.05, 4.69) is 30.5 Å². The Morgan fingerprint density at radius 3 is 3.18 bits per heavy atom. The maximum Gasteiger partial charge on any atom is 0.352 e. The SMILES string of the molecule is O=C(O)c1cc2c(NC3CCCc4[nH]ncc43)ncnc2[nH]1. The van der Waals surface area contributed by atoms with Crippen LogP contribution in [0, 0.1) is 0 Å². The molecule has 3 aromatic heterocycles. The highest BCUT2D eigenvalue weighted by Gasteiger charge is 2.23. The Kier molecular flexibility index (Phi) is 2.81. The van der Waals surface area contributed by atoms with E-state index in [0.717, 1.165) is 30.5 Å². The third-order valence-corrected chi connectivity index (χ3v) is 4.01. The number of H-pyrrole nitrogens is 2. The fourth-order valence-corrected chi connectivity index (χ4v) is 2.95. The topological polar surface area (TPSA) is 120 Å². The number of aromatic carboxylic acids is 1. The van der Waals surface area contributed by atoms with Crippen molar-refractivity contribution in [2.45, 2.75) is 25.3 Å². The van der Waals surface area contributed by atoms with Gasteiger partial charge in [-0.2, -0.15) is 5.10 Å². The largest absolute Gasteiger partial charge is 0.477 e. The third kappa shape index (κ3) is 2.00. The molecule has 0 spiro atoms. The Bertz CT molecular complexity index is 852. The Balaban J connectivity index is 1.72. The van der Waals surface area contributed by atoms with E-state index in [1.54, 1.807) is 6.07 Å². The van der Waals surface area contributed by atoms with Gasteiger partial charge in [-0.25, -0.2) is 14.8 Å². The van der Waals surface area contributed by atoms with E-state index in [1.165, 1.54) is 6.33 Å². The third-order valence-electron chi connectivity index (χ3n) is 4.01. The summed E-state index contributed by atoms with van der Waals surface area (Å²) < 4.78 is 0. The molecule has 1 aliphatic carbocycles. The lowest BCUT2D eigenvalue weighted by atomic mass is 9.93. The first-order valence-corrected chi connectivity index (χ1v) is 7.08. The van der Waals surface area contributed by atoms with Gasteiger partial charge in [0.25, 0.3) is 0 Å². The van der Waals surface area contributed by atoms with E-state index >= 15 is 0 Å². The van der Waals surface area contributed by atoms with Crippen LogP contribution in [0.3, 0.4) is 0 Å². The molecule has 112 valence electrons. The Morgan fingerprint density at radius 2 is 2.32 bits per heavy atom. The maximum atomic E-state index is 11.1. The van der Waals surface area contributed by atoms with Crippen LogP contribution in [0.15, 0.2) is 18.6 Å². The molecule has 22 heavy (non-hydrogen) atoms. The molecule has 1 aliphatic rings. The van der Waals surface area contributed by atoms with Gasteiger partial charge in [-0.05, 0) is 25.3 Å². The van der Waals surface area contributed by atoms with Crippen molar-refractivity contribution in [3.8, 4) is 0 Å². The number of nitrogens with one attached hydrogen (secondary N) is 3. The molecule has 0 radical (unpaired) electrons. The predicted molar refractivity (Wildman–Crippen MR) is 78.7 cm³/mol. The number of hydrogen-bond donors (Lipinski definition) is 4. The van der Waals surface area contributed by atoms with E-state index in [9.17, 15) is 4.79 Å². The minimum absolute atomic E-state index is 0.103. The van der Waals surface area contributed by atoms with Gasteiger partial charge in [0.15, 0.2) is 0 Å². The Morgan fingerprint density at radius 1 is 1.41 bits per heavy atom. The molecule has 0 aromatic carbocycles. The fraction of sp³-hybridized carbons (Fsp3) is 0.286. The minimum atomic E-state index is -1.02. The Hall–Kier alpha value is -2.90. The highest BCUT2D eigenvalue weighted by molar-refractivity contribution is 5.96. The summed E-state index contributed by atoms with van der Waals surface area (Å²) in [5.74, 6) is -0.383. The van der Waals surface area contributed by atoms with Gasteiger partial charge in [-0.1, -0.05) is 0 Å². The highest BCUT2D eigenvalue weighted by Crippen LogP contribution is 2.32. The van der Waals surface area contributed by atoms with Crippen LogP contribution >= 0.6 is 0 Å². The quantitative estimate of drug-likeness (QED) is 0.586. The lowest BCUT2D eigenvalue weighted by Gasteiger charge is -2.23. The van der Waals surface area contributed by atoms with Crippen molar-refractivity contribution in [2.75, 3.05) is 5.32 Å². The zero-order valence-corrected chi connectivity index (χ0v) is 11.6. The number of hydrogen-bond acceptors (Lipinski definition) is 5. The van der Waals surface area contributed by atoms with Crippen LogP contribution in [0.5, 0.6) is 0 Å². The van der Waals surface area contributed by atoms with Crippen LogP contribution in [0.2, 0.25) is 0 Å². The molecule has 8 nitrogen and oxygen atoms in total. The number of carbonyl (C=O) groups is 1. The summed E-state index contributed by atoms with van der Waals surface area (Å²) in [5, 5.41) is 20.3. The fourth-order valence-electron chi connectivity index (χ4n) is 2.95. The summed E-state index contributed by atoms with van der Waals surface area (Å²) in [6, 6.07) is 1.67. The van der Waals surface area contributed by atoms with Crippen molar-refractivity contribution in [3.63, 3.8) is 0 Å². The summed E-state index contributed by atoms with van der Waals surface area (Å²) in [6.45, 7) is 0. The molecule has 0 saturated carbocycles. The van der Waals surface area contributed by atoms with E-state index < -0.39 is 5.97 Å². The molecule has 4 N–H and O–H groups in total. The molecule has 1 atom stereocenters. The van der Waals surface area contributed by atoms with Gasteiger partial charge in [0.2, 0.25) is 0 Å². The van der Waals surface area contributed by atoms with E-state index in [0.29, 0.717) is 16.9 Å². The lowest BCUT2D eigenvalue weighted by Crippen LogP contribution is -2.17. The van der Waals surface area contributed by atoms with Crippen molar-refractivity contribution in [1.29, 1.82) is 0 Å². The summed E-state index contributed by atoms with van der Waals surface area (Å²) in [4.78, 5) is 22.2. The highest BCUT2D eigenvalue weighted by atomic mass is 16.4. The van der Waals surface area contributed by atoms with Gasteiger partial charge < -0.3 is 15.4 Å². The molecular weight excluding hydrogens is 284 g/mol. The van der Waals surface area contributed by atoms with Gasteiger partial charge in [-0.3, -0.25) is 5.10 Å². The molecule has 0 bridgehead atoms. The van der Waals surface area contributed by atoms with Crippen molar-refractivity contribution in [1.82, 2.24) is 25.1 Å². The minimum Gasteiger partial charge on any atom is -0.477 e. The normalized spacial score (nSPS) is 17.4. The van der Waals surface area contributed by atoms with Gasteiger partial charge in [0.1, 0.15) is 23.5 Å². The lowest BCUT2D eigenvalue weighted by molar-refractivity contribution is 0.0691. The Labute approximate surface area is 125 Å². The van der Waals surface area contributed by atoms with Crippen molar-refractivity contribution in [2.24, 2.45) is 0 Å². The average Bonchev–Trinajstić information content (AvgIpc) is 3.14. The molecule has 4 rings (SSSR count). The number of fused-ring (bicyclic) bond motifs is 2. The van der Waals surface area contributed by atoms with Gasteiger partial charge in [0, 0.05) is 11.3 Å². The summed E-state index contributed by atoms with van der Waals surface area (Å²) in [5.41, 5.74) is 2.91.